The molecule has 2 nitrogen and oxygen atoms in total. The number of hydrogen-bond acceptors (Lipinski definition) is 3. The van der Waals surface area contributed by atoms with Gasteiger partial charge in [-0.25, -0.2) is 0 Å². The minimum absolute atomic E-state index is 0.218. The quantitative estimate of drug-likeness (QED) is 0.890. The van der Waals surface area contributed by atoms with E-state index in [0.717, 1.165) is 24.6 Å². The van der Waals surface area contributed by atoms with E-state index in [1.807, 2.05) is 11.3 Å². The zero-order chi connectivity index (χ0) is 12.7. The summed E-state index contributed by atoms with van der Waals surface area (Å²) in [5.74, 6) is 0. The van der Waals surface area contributed by atoms with Crippen molar-refractivity contribution in [3.05, 3.63) is 16.5 Å². The van der Waals surface area contributed by atoms with Gasteiger partial charge in [0.05, 0.1) is 0 Å². The first kappa shape index (κ1) is 13.2. The standard InChI is InChI=1S/C13H23NOS2/c1-13(2,3)17(4,5)15-12-8-10-9-14-7-6-11(10)16-12/h8,14H,6-7,9H2,1-5H3. The first-order valence-corrected chi connectivity index (χ1v) is 9.23. The highest BCUT2D eigenvalue weighted by atomic mass is 32.3. The zero-order valence-corrected chi connectivity index (χ0v) is 13.1. The largest absolute Gasteiger partial charge is 0.438 e. The highest BCUT2D eigenvalue weighted by Crippen LogP contribution is 2.54. The summed E-state index contributed by atoms with van der Waals surface area (Å²) in [7, 11) is -1.06. The monoisotopic (exact) mass is 273 g/mol. The molecule has 0 atom stereocenters. The first-order chi connectivity index (χ1) is 7.79. The molecular weight excluding hydrogens is 250 g/mol. The molecular formula is C13H23NOS2. The van der Waals surface area contributed by atoms with Crippen LogP contribution in [-0.2, 0) is 13.0 Å². The van der Waals surface area contributed by atoms with Crippen LogP contribution >= 0.6 is 21.6 Å². The maximum Gasteiger partial charge on any atom is 0.188 e. The van der Waals surface area contributed by atoms with Gasteiger partial charge in [-0.1, -0.05) is 10.3 Å². The van der Waals surface area contributed by atoms with Gasteiger partial charge in [0, 0.05) is 22.7 Å². The van der Waals surface area contributed by atoms with E-state index in [0.29, 0.717) is 0 Å². The molecule has 0 amide bonds. The summed E-state index contributed by atoms with van der Waals surface area (Å²) in [6, 6.07) is 2.23. The molecule has 0 aromatic carbocycles. The van der Waals surface area contributed by atoms with Crippen LogP contribution < -0.4 is 9.50 Å². The van der Waals surface area contributed by atoms with Crippen molar-refractivity contribution in [3.63, 3.8) is 0 Å². The lowest BCUT2D eigenvalue weighted by molar-refractivity contribution is 0.598. The van der Waals surface area contributed by atoms with Gasteiger partial charge >= 0.3 is 0 Å². The Morgan fingerprint density at radius 3 is 2.65 bits per heavy atom. The lowest BCUT2D eigenvalue weighted by Gasteiger charge is -2.43. The van der Waals surface area contributed by atoms with E-state index in [9.17, 15) is 0 Å². The average molecular weight is 273 g/mol. The van der Waals surface area contributed by atoms with Gasteiger partial charge in [0.2, 0.25) is 0 Å². The number of nitrogens with one attached hydrogen (secondary N) is 1. The number of fused-ring (bicyclic) bond motifs is 1. The Bertz CT molecular complexity index is 381. The third-order valence-electron chi connectivity index (χ3n) is 3.48. The van der Waals surface area contributed by atoms with Crippen molar-refractivity contribution in [1.29, 1.82) is 0 Å². The average Bonchev–Trinajstić information content (AvgIpc) is 2.56. The Morgan fingerprint density at radius 1 is 1.35 bits per heavy atom. The molecule has 1 aliphatic rings. The van der Waals surface area contributed by atoms with Crippen LogP contribution in [-0.4, -0.2) is 23.8 Å². The van der Waals surface area contributed by atoms with Crippen molar-refractivity contribution in [2.24, 2.45) is 0 Å². The van der Waals surface area contributed by atoms with Crippen molar-refractivity contribution in [2.75, 3.05) is 19.1 Å². The van der Waals surface area contributed by atoms with Gasteiger partial charge in [-0.3, -0.25) is 0 Å². The van der Waals surface area contributed by atoms with Crippen molar-refractivity contribution >= 4 is 21.6 Å². The summed E-state index contributed by atoms with van der Waals surface area (Å²) in [6.45, 7) is 8.88. The second-order valence-corrected chi connectivity index (χ2v) is 10.8. The molecule has 4 heteroatoms. The van der Waals surface area contributed by atoms with E-state index in [2.05, 4.69) is 44.7 Å². The van der Waals surface area contributed by atoms with Gasteiger partial charge in [-0.05, 0) is 51.3 Å². The summed E-state index contributed by atoms with van der Waals surface area (Å²) in [4.78, 5) is 1.50. The van der Waals surface area contributed by atoms with Crippen LogP contribution in [0.2, 0.25) is 0 Å². The van der Waals surface area contributed by atoms with E-state index >= 15 is 0 Å². The summed E-state index contributed by atoms with van der Waals surface area (Å²) in [5.41, 5.74) is 1.43. The van der Waals surface area contributed by atoms with Gasteiger partial charge in [0.15, 0.2) is 5.06 Å². The van der Waals surface area contributed by atoms with E-state index in [1.165, 1.54) is 10.4 Å². The molecule has 0 radical (unpaired) electrons. The second kappa shape index (κ2) is 4.48. The summed E-state index contributed by atoms with van der Waals surface area (Å²) >= 11 is 1.84. The van der Waals surface area contributed by atoms with E-state index in [-0.39, 0.29) is 4.75 Å². The Kier molecular flexibility index (Phi) is 3.49. The molecule has 98 valence electrons. The fraction of sp³-hybridized carbons (Fsp3) is 0.692. The fourth-order valence-electron chi connectivity index (χ4n) is 1.60. The van der Waals surface area contributed by atoms with E-state index in [1.54, 1.807) is 0 Å². The van der Waals surface area contributed by atoms with Crippen LogP contribution in [0.25, 0.3) is 0 Å². The molecule has 1 aliphatic heterocycles. The van der Waals surface area contributed by atoms with Crippen LogP contribution in [0.3, 0.4) is 0 Å². The van der Waals surface area contributed by atoms with Crippen molar-refractivity contribution < 1.29 is 4.18 Å². The molecule has 0 aliphatic carbocycles. The molecule has 1 aromatic rings. The van der Waals surface area contributed by atoms with Gasteiger partial charge in [-0.2, -0.15) is 0 Å². The predicted octanol–water partition coefficient (Wildman–Crippen LogP) is 3.55. The van der Waals surface area contributed by atoms with E-state index in [4.69, 9.17) is 4.18 Å². The highest BCUT2D eigenvalue weighted by molar-refractivity contribution is 8.30. The molecule has 1 aromatic heterocycles. The second-order valence-electron chi connectivity index (χ2n) is 5.87. The Morgan fingerprint density at radius 2 is 2.06 bits per heavy atom. The normalized spacial score (nSPS) is 17.7. The Labute approximate surface area is 110 Å². The third kappa shape index (κ3) is 2.80. The molecule has 0 spiro atoms. The minimum atomic E-state index is -1.06. The van der Waals surface area contributed by atoms with Crippen LogP contribution in [0.1, 0.15) is 31.2 Å². The third-order valence-corrected chi connectivity index (χ3v) is 8.25. The Hall–Kier alpha value is -0.190. The molecule has 0 bridgehead atoms. The van der Waals surface area contributed by atoms with Crippen LogP contribution in [0.15, 0.2) is 6.07 Å². The van der Waals surface area contributed by atoms with Gasteiger partial charge < -0.3 is 9.50 Å². The molecule has 2 heterocycles. The molecule has 2 rings (SSSR count). The van der Waals surface area contributed by atoms with E-state index < -0.39 is 10.3 Å². The lowest BCUT2D eigenvalue weighted by atomic mass is 10.1. The molecule has 0 saturated carbocycles. The maximum atomic E-state index is 6.29. The number of rotatable bonds is 2. The minimum Gasteiger partial charge on any atom is -0.438 e. The molecule has 0 unspecified atom stereocenters. The fourth-order valence-corrected chi connectivity index (χ4v) is 3.86. The van der Waals surface area contributed by atoms with Gasteiger partial charge in [0.25, 0.3) is 0 Å². The number of hydrogen-bond donors (Lipinski definition) is 1. The summed E-state index contributed by atoms with van der Waals surface area (Å²) in [6.07, 6.45) is 5.66. The van der Waals surface area contributed by atoms with Crippen molar-refractivity contribution in [1.82, 2.24) is 5.32 Å². The predicted molar refractivity (Wildman–Crippen MR) is 79.5 cm³/mol. The van der Waals surface area contributed by atoms with Crippen molar-refractivity contribution in [2.45, 2.75) is 38.5 Å². The lowest BCUT2D eigenvalue weighted by Crippen LogP contribution is -2.26. The molecule has 17 heavy (non-hydrogen) atoms. The van der Waals surface area contributed by atoms with Crippen LogP contribution in [0.5, 0.6) is 5.06 Å². The first-order valence-electron chi connectivity index (χ1n) is 6.04. The molecule has 0 fully saturated rings. The van der Waals surface area contributed by atoms with Gasteiger partial charge in [-0.15, -0.1) is 11.3 Å². The summed E-state index contributed by atoms with van der Waals surface area (Å²) in [5, 5.41) is 4.51. The SMILES string of the molecule is CC(C)(C)S(C)(C)Oc1cc2c(s1)CCNC2. The maximum absolute atomic E-state index is 6.29. The van der Waals surface area contributed by atoms with Crippen LogP contribution in [0, 0.1) is 0 Å². The van der Waals surface area contributed by atoms with Crippen LogP contribution in [0.4, 0.5) is 0 Å². The van der Waals surface area contributed by atoms with Gasteiger partial charge in [0.1, 0.15) is 0 Å². The summed E-state index contributed by atoms with van der Waals surface area (Å²) < 4.78 is 6.51. The topological polar surface area (TPSA) is 21.3 Å². The number of thiophene rings is 1. The Balaban J connectivity index is 2.16. The highest BCUT2D eigenvalue weighted by Gasteiger charge is 2.30. The smallest absolute Gasteiger partial charge is 0.188 e. The zero-order valence-electron chi connectivity index (χ0n) is 11.4. The molecule has 1 N–H and O–H groups in total. The molecule has 0 saturated heterocycles. The van der Waals surface area contributed by atoms with Crippen molar-refractivity contribution in [3.8, 4) is 5.06 Å².